The van der Waals surface area contributed by atoms with Crippen LogP contribution in [0.2, 0.25) is 0 Å². The zero-order valence-corrected chi connectivity index (χ0v) is 12.8. The molecule has 1 aromatic carbocycles. The summed E-state index contributed by atoms with van der Waals surface area (Å²) in [7, 11) is 0. The summed E-state index contributed by atoms with van der Waals surface area (Å²) in [5, 5.41) is 0. The first-order valence-electron chi connectivity index (χ1n) is 6.49. The maximum absolute atomic E-state index is 14.1. The molecular formula is C14H19BrF2N2. The third-order valence-electron chi connectivity index (χ3n) is 4.07. The summed E-state index contributed by atoms with van der Waals surface area (Å²) in [6.45, 7) is 5.75. The molecule has 1 aromatic rings. The van der Waals surface area contributed by atoms with Crippen LogP contribution in [0.1, 0.15) is 38.3 Å². The number of halogens is 3. The number of hydrogen-bond donors (Lipinski definition) is 1. The van der Waals surface area contributed by atoms with Crippen LogP contribution in [-0.4, -0.2) is 23.5 Å². The average Bonchev–Trinajstić information content (AvgIpc) is 2.88. The van der Waals surface area contributed by atoms with E-state index in [1.807, 2.05) is 13.8 Å². The van der Waals surface area contributed by atoms with Crippen molar-refractivity contribution in [2.75, 3.05) is 13.1 Å². The smallest absolute Gasteiger partial charge is 0.145 e. The van der Waals surface area contributed by atoms with Crippen molar-refractivity contribution < 1.29 is 8.78 Å². The summed E-state index contributed by atoms with van der Waals surface area (Å²) in [4.78, 5) is 2.21. The largest absolute Gasteiger partial charge is 0.322 e. The topological polar surface area (TPSA) is 29.3 Å². The molecule has 5 heteroatoms. The second-order valence-electron chi connectivity index (χ2n) is 5.58. The number of rotatable bonds is 3. The summed E-state index contributed by atoms with van der Waals surface area (Å²) in [5.41, 5.74) is 5.67. The lowest BCUT2D eigenvalue weighted by molar-refractivity contribution is 0.120. The highest BCUT2D eigenvalue weighted by atomic mass is 79.9. The lowest BCUT2D eigenvalue weighted by Crippen LogP contribution is -2.50. The first-order valence-corrected chi connectivity index (χ1v) is 7.29. The van der Waals surface area contributed by atoms with E-state index in [1.54, 1.807) is 0 Å². The third kappa shape index (κ3) is 2.69. The van der Waals surface area contributed by atoms with Crippen molar-refractivity contribution in [3.63, 3.8) is 0 Å². The van der Waals surface area contributed by atoms with Crippen molar-refractivity contribution in [3.05, 3.63) is 33.8 Å². The molecule has 1 saturated heterocycles. The van der Waals surface area contributed by atoms with E-state index in [2.05, 4.69) is 20.8 Å². The summed E-state index contributed by atoms with van der Waals surface area (Å²) in [6, 6.07) is 1.91. The summed E-state index contributed by atoms with van der Waals surface area (Å²) in [6.07, 6.45) is 2.22. The van der Waals surface area contributed by atoms with E-state index in [4.69, 9.17) is 5.73 Å². The van der Waals surface area contributed by atoms with Crippen molar-refractivity contribution in [2.45, 2.75) is 38.3 Å². The van der Waals surface area contributed by atoms with E-state index in [9.17, 15) is 8.78 Å². The SMILES string of the molecule is CC(C)(C(N)c1c(F)ccc(Br)c1F)N1CCCC1. The van der Waals surface area contributed by atoms with Gasteiger partial charge in [-0.2, -0.15) is 0 Å². The van der Waals surface area contributed by atoms with E-state index in [-0.39, 0.29) is 10.0 Å². The van der Waals surface area contributed by atoms with Gasteiger partial charge < -0.3 is 5.73 Å². The minimum atomic E-state index is -0.705. The average molecular weight is 333 g/mol. The Morgan fingerprint density at radius 3 is 2.42 bits per heavy atom. The molecule has 0 aliphatic carbocycles. The lowest BCUT2D eigenvalue weighted by atomic mass is 9.87. The van der Waals surface area contributed by atoms with Crippen LogP contribution in [-0.2, 0) is 0 Å². The zero-order chi connectivity index (χ0) is 14.2. The quantitative estimate of drug-likeness (QED) is 0.857. The Labute approximate surface area is 121 Å². The maximum Gasteiger partial charge on any atom is 0.145 e. The highest BCUT2D eigenvalue weighted by Crippen LogP contribution is 2.35. The number of likely N-dealkylation sites (tertiary alicyclic amines) is 1. The van der Waals surface area contributed by atoms with Gasteiger partial charge >= 0.3 is 0 Å². The Kier molecular flexibility index (Phi) is 4.28. The van der Waals surface area contributed by atoms with Crippen molar-refractivity contribution in [2.24, 2.45) is 5.73 Å². The van der Waals surface area contributed by atoms with Gasteiger partial charge in [-0.25, -0.2) is 8.78 Å². The number of nitrogens with zero attached hydrogens (tertiary/aromatic N) is 1. The molecule has 106 valence electrons. The fourth-order valence-corrected chi connectivity index (χ4v) is 3.02. The van der Waals surface area contributed by atoms with Crippen LogP contribution in [0, 0.1) is 11.6 Å². The number of benzene rings is 1. The monoisotopic (exact) mass is 332 g/mol. The van der Waals surface area contributed by atoms with Crippen LogP contribution in [0.5, 0.6) is 0 Å². The van der Waals surface area contributed by atoms with Crippen LogP contribution in [0.3, 0.4) is 0 Å². The molecule has 1 aliphatic rings. The van der Waals surface area contributed by atoms with Crippen LogP contribution in [0.25, 0.3) is 0 Å². The van der Waals surface area contributed by atoms with Crippen LogP contribution in [0.15, 0.2) is 16.6 Å². The maximum atomic E-state index is 14.1. The first-order chi connectivity index (χ1) is 8.85. The van der Waals surface area contributed by atoms with Gasteiger partial charge in [-0.15, -0.1) is 0 Å². The van der Waals surface area contributed by atoms with Gasteiger partial charge in [0.2, 0.25) is 0 Å². The summed E-state index contributed by atoms with van der Waals surface area (Å²) >= 11 is 3.09. The van der Waals surface area contributed by atoms with Gasteiger partial charge in [0.1, 0.15) is 11.6 Å². The molecule has 0 spiro atoms. The predicted molar refractivity (Wildman–Crippen MR) is 75.9 cm³/mol. The Morgan fingerprint density at radius 1 is 1.26 bits per heavy atom. The van der Waals surface area contributed by atoms with Gasteiger partial charge in [0.15, 0.2) is 0 Å². The van der Waals surface area contributed by atoms with Gasteiger partial charge in [0.25, 0.3) is 0 Å². The highest BCUT2D eigenvalue weighted by molar-refractivity contribution is 9.10. The fraction of sp³-hybridized carbons (Fsp3) is 0.571. The van der Waals surface area contributed by atoms with Gasteiger partial charge in [-0.3, -0.25) is 4.90 Å². The zero-order valence-electron chi connectivity index (χ0n) is 11.2. The molecule has 0 aromatic heterocycles. The van der Waals surface area contributed by atoms with E-state index in [0.29, 0.717) is 0 Å². The van der Waals surface area contributed by atoms with Crippen molar-refractivity contribution in [3.8, 4) is 0 Å². The summed E-state index contributed by atoms with van der Waals surface area (Å²) in [5.74, 6) is -1.18. The molecule has 0 bridgehead atoms. The first kappa shape index (κ1) is 14.9. The van der Waals surface area contributed by atoms with E-state index >= 15 is 0 Å². The van der Waals surface area contributed by atoms with Crippen LogP contribution < -0.4 is 5.73 Å². The second kappa shape index (κ2) is 5.46. The van der Waals surface area contributed by atoms with Crippen molar-refractivity contribution >= 4 is 15.9 Å². The van der Waals surface area contributed by atoms with Crippen LogP contribution in [0.4, 0.5) is 8.78 Å². The lowest BCUT2D eigenvalue weighted by Gasteiger charge is -2.40. The molecule has 0 amide bonds. The Morgan fingerprint density at radius 2 is 1.84 bits per heavy atom. The standard InChI is InChI=1S/C14H19BrF2N2/c1-14(2,19-7-3-4-8-19)13(18)11-10(16)6-5-9(15)12(11)17/h5-6,13H,3-4,7-8,18H2,1-2H3. The van der Waals surface area contributed by atoms with E-state index < -0.39 is 23.2 Å². The molecule has 1 atom stereocenters. The molecule has 1 unspecified atom stereocenters. The molecule has 2 N–H and O–H groups in total. The molecular weight excluding hydrogens is 314 g/mol. The van der Waals surface area contributed by atoms with E-state index in [0.717, 1.165) is 25.9 Å². The fourth-order valence-electron chi connectivity index (χ4n) is 2.67. The van der Waals surface area contributed by atoms with E-state index in [1.165, 1.54) is 12.1 Å². The molecule has 2 nitrogen and oxygen atoms in total. The molecule has 0 radical (unpaired) electrons. The summed E-state index contributed by atoms with van der Waals surface area (Å²) < 4.78 is 28.3. The Bertz CT molecular complexity index is 471. The van der Waals surface area contributed by atoms with Gasteiger partial charge in [-0.1, -0.05) is 0 Å². The Hall–Kier alpha value is -0.520. The Balaban J connectivity index is 2.38. The predicted octanol–water partition coefficient (Wildman–Crippen LogP) is 3.60. The number of nitrogens with two attached hydrogens (primary N) is 1. The molecule has 1 aliphatic heterocycles. The number of hydrogen-bond acceptors (Lipinski definition) is 2. The molecule has 19 heavy (non-hydrogen) atoms. The normalized spacial score (nSPS) is 18.8. The molecule has 2 rings (SSSR count). The minimum Gasteiger partial charge on any atom is -0.322 e. The second-order valence-corrected chi connectivity index (χ2v) is 6.44. The van der Waals surface area contributed by atoms with Crippen LogP contribution >= 0.6 is 15.9 Å². The molecule has 1 heterocycles. The van der Waals surface area contributed by atoms with Gasteiger partial charge in [0.05, 0.1) is 10.5 Å². The van der Waals surface area contributed by atoms with Crippen molar-refractivity contribution in [1.82, 2.24) is 4.90 Å². The van der Waals surface area contributed by atoms with Gasteiger partial charge in [0, 0.05) is 11.1 Å². The molecule has 0 saturated carbocycles. The minimum absolute atomic E-state index is 0.0359. The third-order valence-corrected chi connectivity index (χ3v) is 4.69. The van der Waals surface area contributed by atoms with Gasteiger partial charge in [-0.05, 0) is 67.8 Å². The van der Waals surface area contributed by atoms with Crippen molar-refractivity contribution in [1.29, 1.82) is 0 Å². The molecule has 1 fully saturated rings. The highest BCUT2D eigenvalue weighted by Gasteiger charge is 2.38.